The minimum Gasteiger partial charge on any atom is -0.395 e. The highest BCUT2D eigenvalue weighted by Crippen LogP contribution is 2.31. The molecule has 6 heteroatoms. The molecule has 1 aromatic heterocycles. The molecule has 1 saturated heterocycles. The molecule has 2 heterocycles. The Hall–Kier alpha value is -1.40. The molecule has 0 unspecified atom stereocenters. The maximum Gasteiger partial charge on any atom is 0.228 e. The van der Waals surface area contributed by atoms with Crippen LogP contribution in [0.4, 0.5) is 5.82 Å². The van der Waals surface area contributed by atoms with Crippen LogP contribution in [0, 0.1) is 5.92 Å². The first-order valence-electron chi connectivity index (χ1n) is 7.45. The molecule has 20 heavy (non-hydrogen) atoms. The van der Waals surface area contributed by atoms with Gasteiger partial charge < -0.3 is 15.3 Å². The van der Waals surface area contributed by atoms with Crippen molar-refractivity contribution in [1.82, 2.24) is 14.7 Å². The fourth-order valence-electron chi connectivity index (χ4n) is 2.81. The van der Waals surface area contributed by atoms with Crippen molar-refractivity contribution in [3.05, 3.63) is 12.3 Å². The molecule has 1 aliphatic heterocycles. The summed E-state index contributed by atoms with van der Waals surface area (Å²) in [5, 5.41) is 16.3. The number of anilines is 1. The molecule has 3 rings (SSSR count). The van der Waals surface area contributed by atoms with Crippen molar-refractivity contribution in [2.45, 2.75) is 31.7 Å². The number of amides is 1. The van der Waals surface area contributed by atoms with Gasteiger partial charge in [0.1, 0.15) is 5.82 Å². The summed E-state index contributed by atoms with van der Waals surface area (Å²) in [6, 6.07) is 2.22. The largest absolute Gasteiger partial charge is 0.395 e. The number of aromatic nitrogens is 2. The monoisotopic (exact) mass is 278 g/mol. The Bertz CT molecular complexity index is 461. The summed E-state index contributed by atoms with van der Waals surface area (Å²) in [7, 11) is 0. The molecule has 2 N–H and O–H groups in total. The number of aliphatic hydroxyl groups excluding tert-OH is 1. The van der Waals surface area contributed by atoms with Crippen LogP contribution in [0.2, 0.25) is 0 Å². The van der Waals surface area contributed by atoms with E-state index in [1.165, 1.54) is 0 Å². The van der Waals surface area contributed by atoms with E-state index >= 15 is 0 Å². The number of nitrogens with zero attached hydrogens (tertiary/aromatic N) is 3. The number of rotatable bonds is 5. The standard InChI is InChI=1S/C14H22N4O2/c19-10-9-17-7-4-12(5-8-17)18-13(3-6-15-18)16-14(20)11-1-2-11/h3,6,11-12,19H,1-2,4-5,7-10H2,(H,16,20). The van der Waals surface area contributed by atoms with Gasteiger partial charge in [-0.1, -0.05) is 0 Å². The van der Waals surface area contributed by atoms with Gasteiger partial charge in [0.15, 0.2) is 0 Å². The van der Waals surface area contributed by atoms with Gasteiger partial charge in [-0.2, -0.15) is 5.10 Å². The van der Waals surface area contributed by atoms with Crippen LogP contribution in [0.25, 0.3) is 0 Å². The van der Waals surface area contributed by atoms with Gasteiger partial charge in [-0.05, 0) is 25.7 Å². The Morgan fingerprint density at radius 2 is 2.10 bits per heavy atom. The minimum atomic E-state index is 0.129. The molecule has 2 fully saturated rings. The van der Waals surface area contributed by atoms with Crippen LogP contribution in [-0.2, 0) is 4.79 Å². The van der Waals surface area contributed by atoms with Crippen LogP contribution >= 0.6 is 0 Å². The average Bonchev–Trinajstić information content (AvgIpc) is 3.21. The molecule has 0 spiro atoms. The molecular weight excluding hydrogens is 256 g/mol. The third-order valence-corrected chi connectivity index (χ3v) is 4.19. The van der Waals surface area contributed by atoms with Gasteiger partial charge >= 0.3 is 0 Å². The Morgan fingerprint density at radius 3 is 2.75 bits per heavy atom. The number of aliphatic hydroxyl groups is 1. The van der Waals surface area contributed by atoms with Gasteiger partial charge in [0.25, 0.3) is 0 Å². The first-order valence-corrected chi connectivity index (χ1v) is 7.45. The van der Waals surface area contributed by atoms with Crippen LogP contribution < -0.4 is 5.32 Å². The summed E-state index contributed by atoms with van der Waals surface area (Å²) in [6.07, 6.45) is 5.80. The maximum absolute atomic E-state index is 11.9. The second-order valence-corrected chi connectivity index (χ2v) is 5.72. The van der Waals surface area contributed by atoms with E-state index in [-0.39, 0.29) is 18.4 Å². The lowest BCUT2D eigenvalue weighted by Crippen LogP contribution is -2.37. The van der Waals surface area contributed by atoms with E-state index in [0.717, 1.165) is 51.1 Å². The highest BCUT2D eigenvalue weighted by atomic mass is 16.3. The third-order valence-electron chi connectivity index (χ3n) is 4.19. The summed E-state index contributed by atoms with van der Waals surface area (Å²) in [6.45, 7) is 2.91. The lowest BCUT2D eigenvalue weighted by molar-refractivity contribution is -0.117. The summed E-state index contributed by atoms with van der Waals surface area (Å²) in [5.74, 6) is 1.16. The molecule has 1 saturated carbocycles. The van der Waals surface area contributed by atoms with Crippen molar-refractivity contribution in [3.8, 4) is 0 Å². The number of nitrogens with one attached hydrogen (secondary N) is 1. The van der Waals surface area contributed by atoms with Crippen molar-refractivity contribution < 1.29 is 9.90 Å². The van der Waals surface area contributed by atoms with Gasteiger partial charge in [-0.25, -0.2) is 4.68 Å². The predicted molar refractivity (Wildman–Crippen MR) is 75.4 cm³/mol. The molecule has 1 aromatic rings. The highest BCUT2D eigenvalue weighted by Gasteiger charge is 2.31. The Kier molecular flexibility index (Phi) is 4.03. The van der Waals surface area contributed by atoms with E-state index < -0.39 is 0 Å². The molecule has 1 aliphatic carbocycles. The first-order chi connectivity index (χ1) is 9.78. The van der Waals surface area contributed by atoms with Gasteiger partial charge in [0.05, 0.1) is 18.8 Å². The number of carbonyl (C=O) groups is 1. The number of likely N-dealkylation sites (tertiary alicyclic amines) is 1. The van der Waals surface area contributed by atoms with E-state index in [0.29, 0.717) is 6.04 Å². The summed E-state index contributed by atoms with van der Waals surface area (Å²) in [4.78, 5) is 14.1. The quantitative estimate of drug-likeness (QED) is 0.838. The molecule has 6 nitrogen and oxygen atoms in total. The Labute approximate surface area is 118 Å². The summed E-state index contributed by atoms with van der Waals surface area (Å²) >= 11 is 0. The molecule has 2 aliphatic rings. The normalized spacial score (nSPS) is 21.1. The number of carbonyl (C=O) groups excluding carboxylic acids is 1. The topological polar surface area (TPSA) is 70.4 Å². The SMILES string of the molecule is O=C(Nc1ccnn1C1CCN(CCO)CC1)C1CC1. The smallest absolute Gasteiger partial charge is 0.228 e. The molecule has 1 amide bonds. The Balaban J connectivity index is 1.60. The average molecular weight is 278 g/mol. The Morgan fingerprint density at radius 1 is 1.35 bits per heavy atom. The third kappa shape index (κ3) is 3.02. The van der Waals surface area contributed by atoms with Gasteiger partial charge in [-0.3, -0.25) is 4.79 Å². The molecule has 0 atom stereocenters. The minimum absolute atomic E-state index is 0.129. The number of β-amino-alcohol motifs (C(OH)–C–C–N with tert-alkyl or cyclic N) is 1. The maximum atomic E-state index is 11.9. The van der Waals surface area contributed by atoms with Crippen molar-refractivity contribution in [1.29, 1.82) is 0 Å². The van der Waals surface area contributed by atoms with Gasteiger partial charge in [0.2, 0.25) is 5.91 Å². The molecular formula is C14H22N4O2. The van der Waals surface area contributed by atoms with Gasteiger partial charge in [0, 0.05) is 31.6 Å². The number of piperidine rings is 1. The first kappa shape index (κ1) is 13.6. The lowest BCUT2D eigenvalue weighted by atomic mass is 10.1. The zero-order valence-corrected chi connectivity index (χ0v) is 11.7. The van der Waals surface area contributed by atoms with E-state index in [2.05, 4.69) is 15.3 Å². The lowest BCUT2D eigenvalue weighted by Gasteiger charge is -2.32. The van der Waals surface area contributed by atoms with Crippen LogP contribution in [0.5, 0.6) is 0 Å². The van der Waals surface area contributed by atoms with E-state index in [1.54, 1.807) is 6.20 Å². The van der Waals surface area contributed by atoms with Crippen molar-refractivity contribution in [2.75, 3.05) is 31.6 Å². The zero-order valence-electron chi connectivity index (χ0n) is 11.7. The molecule has 0 bridgehead atoms. The van der Waals surface area contributed by atoms with Crippen molar-refractivity contribution >= 4 is 11.7 Å². The summed E-state index contributed by atoms with van der Waals surface area (Å²) < 4.78 is 1.95. The second-order valence-electron chi connectivity index (χ2n) is 5.72. The van der Waals surface area contributed by atoms with E-state index in [4.69, 9.17) is 5.11 Å². The summed E-state index contributed by atoms with van der Waals surface area (Å²) in [5.41, 5.74) is 0. The fourth-order valence-corrected chi connectivity index (χ4v) is 2.81. The predicted octanol–water partition coefficient (Wildman–Crippen LogP) is 0.861. The molecule has 0 radical (unpaired) electrons. The number of hydrogen-bond acceptors (Lipinski definition) is 4. The molecule has 0 aromatic carbocycles. The van der Waals surface area contributed by atoms with Crippen LogP contribution in [0.15, 0.2) is 12.3 Å². The van der Waals surface area contributed by atoms with Crippen molar-refractivity contribution in [2.24, 2.45) is 5.92 Å². The number of hydrogen-bond donors (Lipinski definition) is 2. The molecule has 110 valence electrons. The second kappa shape index (κ2) is 5.93. The van der Waals surface area contributed by atoms with Crippen LogP contribution in [0.3, 0.4) is 0 Å². The fraction of sp³-hybridized carbons (Fsp3) is 0.714. The van der Waals surface area contributed by atoms with Crippen LogP contribution in [-0.4, -0.2) is 51.9 Å². The zero-order chi connectivity index (χ0) is 13.9. The van der Waals surface area contributed by atoms with Crippen LogP contribution in [0.1, 0.15) is 31.7 Å². The van der Waals surface area contributed by atoms with Crippen molar-refractivity contribution in [3.63, 3.8) is 0 Å². The van der Waals surface area contributed by atoms with E-state index in [9.17, 15) is 4.79 Å². The highest BCUT2D eigenvalue weighted by molar-refractivity contribution is 5.93. The van der Waals surface area contributed by atoms with Gasteiger partial charge in [-0.15, -0.1) is 0 Å². The van der Waals surface area contributed by atoms with E-state index in [1.807, 2.05) is 10.7 Å².